The number of nitrogens with one attached hydrogen (secondary N) is 2. The van der Waals surface area contributed by atoms with E-state index in [1.807, 2.05) is 27.7 Å². The molecule has 5 aromatic rings. The molecule has 288 valence electrons. The van der Waals surface area contributed by atoms with Crippen LogP contribution in [-0.4, -0.2) is 89.2 Å². The van der Waals surface area contributed by atoms with Gasteiger partial charge in [-0.2, -0.15) is 10.2 Å². The second-order valence-electron chi connectivity index (χ2n) is 16.5. The number of likely N-dealkylation sites (tertiary alicyclic amines) is 1. The van der Waals surface area contributed by atoms with Crippen LogP contribution in [0.3, 0.4) is 0 Å². The van der Waals surface area contributed by atoms with E-state index in [2.05, 4.69) is 105 Å². The molecule has 0 saturated carbocycles. The van der Waals surface area contributed by atoms with Gasteiger partial charge in [-0.3, -0.25) is 14.4 Å². The Kier molecular flexibility index (Phi) is 10.6. The van der Waals surface area contributed by atoms with E-state index in [1.165, 1.54) is 30.4 Å². The molecule has 0 amide bonds. The van der Waals surface area contributed by atoms with Crippen LogP contribution in [0.25, 0.3) is 11.3 Å². The minimum Gasteiger partial charge on any atom is -0.484 e. The van der Waals surface area contributed by atoms with Gasteiger partial charge in [0.1, 0.15) is 23.4 Å². The number of fused-ring (bicyclic) bond motifs is 2. The molecule has 1 unspecified atom stereocenters. The lowest BCUT2D eigenvalue weighted by molar-refractivity contribution is 0.154. The van der Waals surface area contributed by atoms with Gasteiger partial charge in [0.2, 0.25) is 5.95 Å². The van der Waals surface area contributed by atoms with Gasteiger partial charge >= 0.3 is 0 Å². The molecule has 0 radical (unpaired) electrons. The first kappa shape index (κ1) is 36.5. The summed E-state index contributed by atoms with van der Waals surface area (Å²) in [6.07, 6.45) is 14.1. The first-order valence-electron chi connectivity index (χ1n) is 20.1. The van der Waals surface area contributed by atoms with Crippen LogP contribution < -0.4 is 20.3 Å². The van der Waals surface area contributed by atoms with Crippen LogP contribution in [0.2, 0.25) is 0 Å². The van der Waals surface area contributed by atoms with Crippen LogP contribution in [0, 0.1) is 0 Å². The summed E-state index contributed by atoms with van der Waals surface area (Å²) in [6, 6.07) is 15.5. The van der Waals surface area contributed by atoms with Crippen molar-refractivity contribution in [2.24, 2.45) is 0 Å². The smallest absolute Gasteiger partial charge is 0.232 e. The van der Waals surface area contributed by atoms with Gasteiger partial charge in [-0.15, -0.1) is 10.2 Å². The Bertz CT molecular complexity index is 2010. The molecule has 1 aliphatic carbocycles. The van der Waals surface area contributed by atoms with Gasteiger partial charge in [0, 0.05) is 43.2 Å². The lowest BCUT2D eigenvalue weighted by atomic mass is 9.85. The lowest BCUT2D eigenvalue weighted by Gasteiger charge is -2.33. The maximum atomic E-state index is 10.0. The van der Waals surface area contributed by atoms with Gasteiger partial charge in [0.15, 0.2) is 5.65 Å². The zero-order chi connectivity index (χ0) is 37.2. The molecular weight excluding hydrogens is 679 g/mol. The number of rotatable bonds is 11. The van der Waals surface area contributed by atoms with Crippen molar-refractivity contribution in [1.29, 1.82) is 0 Å². The summed E-state index contributed by atoms with van der Waals surface area (Å²) in [5.41, 5.74) is 5.18. The highest BCUT2D eigenvalue weighted by atomic mass is 16.5. The van der Waals surface area contributed by atoms with Crippen molar-refractivity contribution in [3.8, 4) is 11.4 Å². The number of hydrogen-bond donors (Lipinski definition) is 3. The second kappa shape index (κ2) is 15.7. The quantitative estimate of drug-likeness (QED) is 0.134. The minimum atomic E-state index is -0.169. The van der Waals surface area contributed by atoms with Crippen LogP contribution in [0.15, 0.2) is 61.1 Å². The molecule has 4 aromatic heterocycles. The first-order valence-corrected chi connectivity index (χ1v) is 20.1. The fourth-order valence-corrected chi connectivity index (χ4v) is 8.29. The summed E-state index contributed by atoms with van der Waals surface area (Å²) < 4.78 is 12.8. The van der Waals surface area contributed by atoms with Gasteiger partial charge in [0.05, 0.1) is 43.6 Å². The summed E-state index contributed by atoms with van der Waals surface area (Å²) in [4.78, 5) is 4.81. The molecule has 2 fully saturated rings. The molecule has 8 rings (SSSR count). The molecule has 3 aliphatic rings. The van der Waals surface area contributed by atoms with Crippen LogP contribution >= 0.6 is 0 Å². The lowest BCUT2D eigenvalue weighted by Crippen LogP contribution is -2.38. The molecule has 0 spiro atoms. The summed E-state index contributed by atoms with van der Waals surface area (Å²) in [5, 5.41) is 36.3. The van der Waals surface area contributed by atoms with Gasteiger partial charge in [0.25, 0.3) is 0 Å². The van der Waals surface area contributed by atoms with Crippen molar-refractivity contribution in [3.63, 3.8) is 0 Å². The third-order valence-electron chi connectivity index (χ3n) is 11.5. The fraction of sp³-hybridized carbons (Fsp3) is 0.561. The number of benzene rings is 1. The van der Waals surface area contributed by atoms with Crippen molar-refractivity contribution in [2.75, 3.05) is 43.1 Å². The Labute approximate surface area is 318 Å². The molecule has 2 aliphatic heterocycles. The summed E-state index contributed by atoms with van der Waals surface area (Å²) in [7, 11) is 0. The SMILES string of the molecule is C[C@H]1CCCCN1c1nnc2ccc(O[C@@H]3CC[C@H](NCNc4cc(C(C)(C)C)nn4-c4cnn(CCN5CCCC(O)CC5)c4)c4ccccc43)cn12. The Morgan fingerprint density at radius 1 is 0.889 bits per heavy atom. The van der Waals surface area contributed by atoms with E-state index in [1.54, 1.807) is 0 Å². The highest BCUT2D eigenvalue weighted by molar-refractivity contribution is 5.50. The molecule has 2 saturated heterocycles. The largest absolute Gasteiger partial charge is 0.484 e. The fourth-order valence-electron chi connectivity index (χ4n) is 8.29. The van der Waals surface area contributed by atoms with Crippen LogP contribution in [0.5, 0.6) is 5.75 Å². The van der Waals surface area contributed by atoms with E-state index in [0.717, 1.165) is 99.4 Å². The minimum absolute atomic E-state index is 0.0447. The van der Waals surface area contributed by atoms with Crippen molar-refractivity contribution >= 4 is 17.4 Å². The predicted octanol–water partition coefficient (Wildman–Crippen LogP) is 6.25. The number of anilines is 2. The monoisotopic (exact) mass is 735 g/mol. The molecule has 1 aromatic carbocycles. The molecule has 3 N–H and O–H groups in total. The molecule has 54 heavy (non-hydrogen) atoms. The van der Waals surface area contributed by atoms with E-state index >= 15 is 0 Å². The maximum Gasteiger partial charge on any atom is 0.232 e. The first-order chi connectivity index (χ1) is 26.2. The number of aromatic nitrogens is 7. The number of aliphatic hydroxyl groups excluding tert-OH is 1. The van der Waals surface area contributed by atoms with Gasteiger partial charge < -0.3 is 25.0 Å². The number of pyridine rings is 1. The highest BCUT2D eigenvalue weighted by Crippen LogP contribution is 2.39. The van der Waals surface area contributed by atoms with E-state index < -0.39 is 0 Å². The van der Waals surface area contributed by atoms with E-state index in [0.29, 0.717) is 12.7 Å². The predicted molar refractivity (Wildman–Crippen MR) is 211 cm³/mol. The van der Waals surface area contributed by atoms with E-state index in [4.69, 9.17) is 14.9 Å². The molecule has 13 nitrogen and oxygen atoms in total. The molecular formula is C41H57N11O2. The number of piperidine rings is 1. The zero-order valence-corrected chi connectivity index (χ0v) is 32.4. The van der Waals surface area contributed by atoms with Gasteiger partial charge in [-0.1, -0.05) is 45.0 Å². The number of ether oxygens (including phenoxy) is 1. The van der Waals surface area contributed by atoms with Gasteiger partial charge in [-0.25, -0.2) is 4.68 Å². The van der Waals surface area contributed by atoms with Crippen LogP contribution in [0.4, 0.5) is 11.8 Å². The summed E-state index contributed by atoms with van der Waals surface area (Å²) >= 11 is 0. The molecule has 4 atom stereocenters. The van der Waals surface area contributed by atoms with Crippen molar-refractivity contribution < 1.29 is 9.84 Å². The topological polar surface area (TPSA) is 126 Å². The third kappa shape index (κ3) is 7.99. The average Bonchev–Trinajstić information content (AvgIpc) is 3.89. The standard InChI is InChI=1S/C41H57N11O2/c1-29-10-7-8-20-50(29)40-46-45-38-17-14-32(27-51(38)40)54-36-16-15-35(33-12-5-6-13-34(33)36)42-28-43-39-24-37(41(2,3)4)47-52(39)30-25-44-49(26-30)23-22-48-19-9-11-31(53)18-21-48/h5-6,12-14,17,24-27,29,31,35-36,42-43,53H,7-11,15-16,18-23,28H2,1-4H3/t29-,31?,35-,36+/m0/s1. The number of aliphatic hydroxyl groups is 1. The van der Waals surface area contributed by atoms with Crippen molar-refractivity contribution in [2.45, 2.75) is 115 Å². The van der Waals surface area contributed by atoms with Crippen molar-refractivity contribution in [1.82, 2.24) is 44.4 Å². The van der Waals surface area contributed by atoms with E-state index in [-0.39, 0.29) is 23.7 Å². The Hall–Kier alpha value is -4.46. The summed E-state index contributed by atoms with van der Waals surface area (Å²) in [6.45, 7) is 14.1. The maximum absolute atomic E-state index is 10.0. The number of hydrogen-bond acceptors (Lipinski definition) is 10. The number of nitrogens with zero attached hydrogens (tertiary/aromatic N) is 9. The Morgan fingerprint density at radius 2 is 1.76 bits per heavy atom. The normalized spacial score (nSPS) is 22.6. The highest BCUT2D eigenvalue weighted by Gasteiger charge is 2.29. The zero-order valence-electron chi connectivity index (χ0n) is 32.4. The molecule has 6 heterocycles. The van der Waals surface area contributed by atoms with Gasteiger partial charge in [-0.05, 0) is 88.1 Å². The molecule has 0 bridgehead atoms. The van der Waals surface area contributed by atoms with Crippen LogP contribution in [0.1, 0.15) is 108 Å². The van der Waals surface area contributed by atoms with Crippen LogP contribution in [-0.2, 0) is 12.0 Å². The average molecular weight is 736 g/mol. The van der Waals surface area contributed by atoms with Crippen molar-refractivity contribution in [3.05, 3.63) is 77.9 Å². The second-order valence-corrected chi connectivity index (χ2v) is 16.5. The van der Waals surface area contributed by atoms with E-state index in [9.17, 15) is 5.11 Å². The Morgan fingerprint density at radius 3 is 2.61 bits per heavy atom. The Balaban J connectivity index is 0.931. The summed E-state index contributed by atoms with van der Waals surface area (Å²) in [5.74, 6) is 2.66. The molecule has 13 heteroatoms. The third-order valence-corrected chi connectivity index (χ3v) is 11.5.